The molecule has 1 unspecified atom stereocenters. The van der Waals surface area contributed by atoms with E-state index in [0.29, 0.717) is 12.1 Å². The lowest BCUT2D eigenvalue weighted by Crippen LogP contribution is -2.44. The molecule has 2 aliphatic rings. The van der Waals surface area contributed by atoms with Gasteiger partial charge in [-0.1, -0.05) is 18.2 Å². The molecule has 3 rings (SSSR count). The molecule has 2 aliphatic heterocycles. The molecule has 1 aromatic carbocycles. The number of hydrogen-bond donors (Lipinski definition) is 2. The Morgan fingerprint density at radius 2 is 2.04 bits per heavy atom. The highest BCUT2D eigenvalue weighted by Crippen LogP contribution is 2.19. The van der Waals surface area contributed by atoms with Crippen LogP contribution in [0.15, 0.2) is 35.3 Å². The van der Waals surface area contributed by atoms with E-state index < -0.39 is 0 Å². The second-order valence-electron chi connectivity index (χ2n) is 7.21. The SMILES string of the molecule is CCNC(=NCCCOC1CCOCC1)NC1CCN(c2ccccc2)C1. The zero-order valence-corrected chi connectivity index (χ0v) is 16.5. The summed E-state index contributed by atoms with van der Waals surface area (Å²) in [7, 11) is 0. The molecule has 2 heterocycles. The van der Waals surface area contributed by atoms with Gasteiger partial charge in [-0.2, -0.15) is 0 Å². The van der Waals surface area contributed by atoms with Gasteiger partial charge in [-0.3, -0.25) is 4.99 Å². The third-order valence-electron chi connectivity index (χ3n) is 5.09. The van der Waals surface area contributed by atoms with Crippen molar-refractivity contribution in [2.75, 3.05) is 50.9 Å². The van der Waals surface area contributed by atoms with E-state index in [0.717, 1.165) is 77.6 Å². The second kappa shape index (κ2) is 11.1. The summed E-state index contributed by atoms with van der Waals surface area (Å²) >= 11 is 0. The summed E-state index contributed by atoms with van der Waals surface area (Å²) in [6.45, 7) is 8.31. The highest BCUT2D eigenvalue weighted by atomic mass is 16.5. The average Bonchev–Trinajstić information content (AvgIpc) is 3.18. The van der Waals surface area contributed by atoms with E-state index in [4.69, 9.17) is 14.5 Å². The zero-order chi connectivity index (χ0) is 18.7. The van der Waals surface area contributed by atoms with Gasteiger partial charge in [-0.05, 0) is 44.7 Å². The van der Waals surface area contributed by atoms with Crippen LogP contribution < -0.4 is 15.5 Å². The van der Waals surface area contributed by atoms with E-state index in [1.807, 2.05) is 0 Å². The molecule has 6 nitrogen and oxygen atoms in total. The van der Waals surface area contributed by atoms with E-state index in [1.54, 1.807) is 0 Å². The molecule has 0 spiro atoms. The molecule has 2 saturated heterocycles. The molecular weight excluding hydrogens is 340 g/mol. The van der Waals surface area contributed by atoms with Gasteiger partial charge in [-0.25, -0.2) is 0 Å². The zero-order valence-electron chi connectivity index (χ0n) is 16.5. The first kappa shape index (κ1) is 20.0. The highest BCUT2D eigenvalue weighted by Gasteiger charge is 2.23. The summed E-state index contributed by atoms with van der Waals surface area (Å²) in [4.78, 5) is 7.16. The molecule has 150 valence electrons. The van der Waals surface area contributed by atoms with Crippen molar-refractivity contribution in [1.82, 2.24) is 10.6 Å². The van der Waals surface area contributed by atoms with Crippen molar-refractivity contribution < 1.29 is 9.47 Å². The van der Waals surface area contributed by atoms with Gasteiger partial charge in [0.15, 0.2) is 5.96 Å². The van der Waals surface area contributed by atoms with E-state index >= 15 is 0 Å². The van der Waals surface area contributed by atoms with Crippen LogP contribution in [0.1, 0.15) is 32.6 Å². The van der Waals surface area contributed by atoms with Crippen LogP contribution in [0.25, 0.3) is 0 Å². The van der Waals surface area contributed by atoms with Crippen molar-refractivity contribution >= 4 is 11.6 Å². The minimum absolute atomic E-state index is 0.372. The Kier molecular flexibility index (Phi) is 8.24. The number of hydrogen-bond acceptors (Lipinski definition) is 4. The van der Waals surface area contributed by atoms with E-state index in [-0.39, 0.29) is 0 Å². The average molecular weight is 375 g/mol. The van der Waals surface area contributed by atoms with Gasteiger partial charge in [0.1, 0.15) is 0 Å². The molecule has 0 radical (unpaired) electrons. The lowest BCUT2D eigenvalue weighted by atomic mass is 10.1. The van der Waals surface area contributed by atoms with Crippen LogP contribution in [0.5, 0.6) is 0 Å². The fourth-order valence-electron chi connectivity index (χ4n) is 3.61. The molecule has 2 fully saturated rings. The number of ether oxygens (including phenoxy) is 2. The first-order valence-electron chi connectivity index (χ1n) is 10.4. The molecule has 1 aromatic rings. The Labute approximate surface area is 163 Å². The summed E-state index contributed by atoms with van der Waals surface area (Å²) in [5.74, 6) is 0.920. The summed E-state index contributed by atoms with van der Waals surface area (Å²) in [6.07, 6.45) is 4.50. The quantitative estimate of drug-likeness (QED) is 0.416. The summed E-state index contributed by atoms with van der Waals surface area (Å²) in [5.41, 5.74) is 1.30. The van der Waals surface area contributed by atoms with Crippen LogP contribution in [0.2, 0.25) is 0 Å². The van der Waals surface area contributed by atoms with E-state index in [1.165, 1.54) is 5.69 Å². The first-order valence-corrected chi connectivity index (χ1v) is 10.4. The van der Waals surface area contributed by atoms with Gasteiger partial charge >= 0.3 is 0 Å². The largest absolute Gasteiger partial charge is 0.381 e. The maximum absolute atomic E-state index is 5.92. The second-order valence-corrected chi connectivity index (χ2v) is 7.21. The number of nitrogens with one attached hydrogen (secondary N) is 2. The molecule has 1 atom stereocenters. The molecule has 6 heteroatoms. The molecule has 0 amide bonds. The molecule has 0 saturated carbocycles. The predicted octanol–water partition coefficient (Wildman–Crippen LogP) is 2.41. The van der Waals surface area contributed by atoms with Crippen LogP contribution in [0, 0.1) is 0 Å². The van der Waals surface area contributed by atoms with Gasteiger partial charge in [0.2, 0.25) is 0 Å². The molecule has 0 aromatic heterocycles. The predicted molar refractivity (Wildman–Crippen MR) is 111 cm³/mol. The van der Waals surface area contributed by atoms with Gasteiger partial charge in [0.25, 0.3) is 0 Å². The Bertz CT molecular complexity index is 561. The molecule has 27 heavy (non-hydrogen) atoms. The maximum atomic E-state index is 5.92. The van der Waals surface area contributed by atoms with Crippen LogP contribution in [-0.2, 0) is 9.47 Å². The number of aliphatic imine (C=N–C) groups is 1. The fourth-order valence-corrected chi connectivity index (χ4v) is 3.61. The lowest BCUT2D eigenvalue weighted by Gasteiger charge is -2.22. The van der Waals surface area contributed by atoms with Gasteiger partial charge < -0.3 is 25.0 Å². The van der Waals surface area contributed by atoms with Crippen LogP contribution in [0.4, 0.5) is 5.69 Å². The molecule has 2 N–H and O–H groups in total. The first-order chi connectivity index (χ1) is 13.3. The van der Waals surface area contributed by atoms with E-state index in [9.17, 15) is 0 Å². The van der Waals surface area contributed by atoms with Crippen molar-refractivity contribution in [2.24, 2.45) is 4.99 Å². The van der Waals surface area contributed by atoms with Crippen molar-refractivity contribution in [3.8, 4) is 0 Å². The van der Waals surface area contributed by atoms with Crippen molar-refractivity contribution in [1.29, 1.82) is 0 Å². The Balaban J connectivity index is 1.38. The number of nitrogens with zero attached hydrogens (tertiary/aromatic N) is 2. The lowest BCUT2D eigenvalue weighted by molar-refractivity contribution is -0.0318. The fraction of sp³-hybridized carbons (Fsp3) is 0.667. The molecule has 0 aliphatic carbocycles. The van der Waals surface area contributed by atoms with Crippen LogP contribution in [0.3, 0.4) is 0 Å². The molecule has 0 bridgehead atoms. The number of rotatable bonds is 8. The van der Waals surface area contributed by atoms with Crippen molar-refractivity contribution in [3.63, 3.8) is 0 Å². The van der Waals surface area contributed by atoms with Crippen LogP contribution >= 0.6 is 0 Å². The summed E-state index contributed by atoms with van der Waals surface area (Å²) in [5, 5.41) is 6.96. The number of guanidine groups is 1. The van der Waals surface area contributed by atoms with Gasteiger partial charge in [0, 0.05) is 57.7 Å². The van der Waals surface area contributed by atoms with Crippen molar-refractivity contribution in [3.05, 3.63) is 30.3 Å². The third kappa shape index (κ3) is 6.70. The summed E-state index contributed by atoms with van der Waals surface area (Å²) in [6, 6.07) is 11.1. The topological polar surface area (TPSA) is 58.1 Å². The van der Waals surface area contributed by atoms with Gasteiger partial charge in [0.05, 0.1) is 6.10 Å². The Hall–Kier alpha value is -1.79. The Morgan fingerprint density at radius 1 is 1.22 bits per heavy atom. The minimum atomic E-state index is 0.372. The standard InChI is InChI=1S/C21H34N4O2/c1-2-22-21(23-12-6-14-27-20-10-15-26-16-11-20)24-18-9-13-25(17-18)19-7-4-3-5-8-19/h3-5,7-8,18,20H,2,6,9-17H2,1H3,(H2,22,23,24). The number of para-hydroxylation sites is 1. The van der Waals surface area contributed by atoms with E-state index in [2.05, 4.69) is 52.8 Å². The maximum Gasteiger partial charge on any atom is 0.191 e. The number of benzene rings is 1. The van der Waals surface area contributed by atoms with Crippen molar-refractivity contribution in [2.45, 2.75) is 44.8 Å². The van der Waals surface area contributed by atoms with Gasteiger partial charge in [-0.15, -0.1) is 0 Å². The highest BCUT2D eigenvalue weighted by molar-refractivity contribution is 5.80. The Morgan fingerprint density at radius 3 is 2.81 bits per heavy atom. The minimum Gasteiger partial charge on any atom is -0.381 e. The normalized spacial score (nSPS) is 21.4. The van der Waals surface area contributed by atoms with Crippen LogP contribution in [-0.4, -0.2) is 64.1 Å². The number of anilines is 1. The monoisotopic (exact) mass is 374 g/mol. The summed E-state index contributed by atoms with van der Waals surface area (Å²) < 4.78 is 11.3. The third-order valence-corrected chi connectivity index (χ3v) is 5.09. The molecular formula is C21H34N4O2. The smallest absolute Gasteiger partial charge is 0.191 e.